The van der Waals surface area contributed by atoms with Crippen molar-refractivity contribution < 1.29 is 22.0 Å². The molecule has 6 heteroatoms. The van der Waals surface area contributed by atoms with Gasteiger partial charge in [-0.2, -0.15) is 0 Å². The zero-order chi connectivity index (χ0) is 8.81. The highest BCUT2D eigenvalue weighted by atomic mass is 35.5. The van der Waals surface area contributed by atoms with Crippen LogP contribution in [-0.4, -0.2) is 5.13 Å². The SMILES string of the molecule is FC1=C(F)C(F)(Cl)C(F)=C1F. The van der Waals surface area contributed by atoms with E-state index in [1.165, 1.54) is 0 Å². The molecular weight excluding hydrogens is 190 g/mol. The molecule has 62 valence electrons. The summed E-state index contributed by atoms with van der Waals surface area (Å²) in [5.74, 6) is -9.01. The molecule has 0 atom stereocenters. The van der Waals surface area contributed by atoms with Gasteiger partial charge in [0.15, 0.2) is 23.3 Å². The van der Waals surface area contributed by atoms with Gasteiger partial charge < -0.3 is 0 Å². The van der Waals surface area contributed by atoms with Crippen LogP contribution in [0.1, 0.15) is 0 Å². The monoisotopic (exact) mass is 190 g/mol. The molecule has 0 spiro atoms. The topological polar surface area (TPSA) is 0 Å². The van der Waals surface area contributed by atoms with E-state index in [2.05, 4.69) is 11.6 Å². The second-order valence-corrected chi connectivity index (χ2v) is 2.35. The van der Waals surface area contributed by atoms with E-state index < -0.39 is 28.4 Å². The minimum atomic E-state index is -3.80. The van der Waals surface area contributed by atoms with Crippen LogP contribution < -0.4 is 0 Å². The molecule has 0 N–H and O–H groups in total. The van der Waals surface area contributed by atoms with Crippen molar-refractivity contribution in [1.82, 2.24) is 0 Å². The van der Waals surface area contributed by atoms with E-state index in [0.717, 1.165) is 0 Å². The molecule has 11 heavy (non-hydrogen) atoms. The number of halogens is 6. The predicted octanol–water partition coefficient (Wildman–Crippen LogP) is 3.21. The summed E-state index contributed by atoms with van der Waals surface area (Å²) in [5.41, 5.74) is 0. The van der Waals surface area contributed by atoms with Crippen LogP contribution in [0.15, 0.2) is 23.3 Å². The first-order valence-electron chi connectivity index (χ1n) is 2.38. The third kappa shape index (κ3) is 0.946. The maximum Gasteiger partial charge on any atom is 0.292 e. The smallest absolute Gasteiger partial charge is 0.210 e. The van der Waals surface area contributed by atoms with Crippen molar-refractivity contribution in [2.45, 2.75) is 5.13 Å². The predicted molar refractivity (Wildman–Crippen MR) is 28.2 cm³/mol. The summed E-state index contributed by atoms with van der Waals surface area (Å²) >= 11 is 4.45. The Morgan fingerprint density at radius 1 is 0.909 bits per heavy atom. The van der Waals surface area contributed by atoms with Crippen LogP contribution in [-0.2, 0) is 0 Å². The van der Waals surface area contributed by atoms with Gasteiger partial charge in [-0.3, -0.25) is 0 Å². The first-order valence-corrected chi connectivity index (χ1v) is 2.76. The quantitative estimate of drug-likeness (QED) is 0.406. The number of hydrogen-bond acceptors (Lipinski definition) is 0. The van der Waals surface area contributed by atoms with Crippen LogP contribution in [0, 0.1) is 0 Å². The molecule has 1 rings (SSSR count). The van der Waals surface area contributed by atoms with Gasteiger partial charge in [0, 0.05) is 0 Å². The Morgan fingerprint density at radius 2 is 1.18 bits per heavy atom. The average Bonchev–Trinajstić information content (AvgIpc) is 2.06. The summed E-state index contributed by atoms with van der Waals surface area (Å²) in [5, 5.41) is -3.80. The van der Waals surface area contributed by atoms with Gasteiger partial charge in [-0.15, -0.1) is 0 Å². The minimum Gasteiger partial charge on any atom is -0.210 e. The zero-order valence-corrected chi connectivity index (χ0v) is 5.52. The Hall–Kier alpha value is -0.580. The van der Waals surface area contributed by atoms with Gasteiger partial charge in [-0.1, -0.05) is 11.6 Å². The highest BCUT2D eigenvalue weighted by Gasteiger charge is 2.50. The van der Waals surface area contributed by atoms with Gasteiger partial charge in [0.2, 0.25) is 0 Å². The van der Waals surface area contributed by atoms with Gasteiger partial charge in [0.05, 0.1) is 0 Å². The largest absolute Gasteiger partial charge is 0.292 e. The van der Waals surface area contributed by atoms with E-state index in [1.54, 1.807) is 0 Å². The van der Waals surface area contributed by atoms with Crippen molar-refractivity contribution >= 4 is 11.6 Å². The van der Waals surface area contributed by atoms with E-state index in [0.29, 0.717) is 0 Å². The van der Waals surface area contributed by atoms with Crippen LogP contribution in [0.4, 0.5) is 22.0 Å². The number of alkyl halides is 2. The van der Waals surface area contributed by atoms with Crippen molar-refractivity contribution in [3.63, 3.8) is 0 Å². The van der Waals surface area contributed by atoms with E-state index in [-0.39, 0.29) is 0 Å². The lowest BCUT2D eigenvalue weighted by Crippen LogP contribution is -2.12. The fraction of sp³-hybridized carbons (Fsp3) is 0.200. The fourth-order valence-electron chi connectivity index (χ4n) is 0.565. The normalized spacial score (nSPS) is 23.5. The van der Waals surface area contributed by atoms with Crippen molar-refractivity contribution in [2.75, 3.05) is 0 Å². The van der Waals surface area contributed by atoms with Crippen LogP contribution in [0.25, 0.3) is 0 Å². The molecule has 0 bridgehead atoms. The van der Waals surface area contributed by atoms with Crippen LogP contribution in [0.3, 0.4) is 0 Å². The lowest BCUT2D eigenvalue weighted by atomic mass is 10.4. The lowest BCUT2D eigenvalue weighted by molar-refractivity contribution is 0.278. The summed E-state index contributed by atoms with van der Waals surface area (Å²) in [6.45, 7) is 0. The number of hydrogen-bond donors (Lipinski definition) is 0. The van der Waals surface area contributed by atoms with Crippen molar-refractivity contribution in [3.05, 3.63) is 23.3 Å². The first kappa shape index (κ1) is 8.52. The van der Waals surface area contributed by atoms with Crippen LogP contribution >= 0.6 is 11.6 Å². The van der Waals surface area contributed by atoms with E-state index >= 15 is 0 Å². The Bertz CT molecular complexity index is 238. The van der Waals surface area contributed by atoms with E-state index in [9.17, 15) is 22.0 Å². The van der Waals surface area contributed by atoms with Gasteiger partial charge in [0.1, 0.15) is 0 Å². The lowest BCUT2D eigenvalue weighted by Gasteiger charge is -2.06. The second kappa shape index (κ2) is 2.20. The minimum absolute atomic E-state index is 2.22. The first-order chi connectivity index (χ1) is 4.89. The maximum atomic E-state index is 12.3. The molecule has 0 saturated heterocycles. The highest BCUT2D eigenvalue weighted by molar-refractivity contribution is 6.26. The summed E-state index contributed by atoms with van der Waals surface area (Å²) in [7, 11) is 0. The second-order valence-electron chi connectivity index (χ2n) is 1.83. The molecule has 0 unspecified atom stereocenters. The molecule has 0 radical (unpaired) electrons. The third-order valence-corrected chi connectivity index (χ3v) is 1.46. The van der Waals surface area contributed by atoms with Crippen molar-refractivity contribution in [3.8, 4) is 0 Å². The van der Waals surface area contributed by atoms with E-state index in [1.807, 2.05) is 0 Å². The molecule has 0 aromatic heterocycles. The molecule has 0 nitrogen and oxygen atoms in total. The number of allylic oxidation sites excluding steroid dienone is 4. The molecule has 0 aromatic carbocycles. The average molecular weight is 190 g/mol. The van der Waals surface area contributed by atoms with Crippen molar-refractivity contribution in [1.29, 1.82) is 0 Å². The van der Waals surface area contributed by atoms with Gasteiger partial charge in [-0.25, -0.2) is 22.0 Å². The van der Waals surface area contributed by atoms with Gasteiger partial charge >= 0.3 is 0 Å². The molecule has 0 heterocycles. The standard InChI is InChI=1S/C5ClF5/c6-5(11)3(9)1(7)2(8)4(5)10. The molecule has 0 fully saturated rings. The van der Waals surface area contributed by atoms with Gasteiger partial charge in [0.25, 0.3) is 5.13 Å². The van der Waals surface area contributed by atoms with Gasteiger partial charge in [-0.05, 0) is 0 Å². The Morgan fingerprint density at radius 3 is 1.27 bits per heavy atom. The van der Waals surface area contributed by atoms with Crippen LogP contribution in [0.5, 0.6) is 0 Å². The summed E-state index contributed by atoms with van der Waals surface area (Å²) in [6.07, 6.45) is 0. The summed E-state index contributed by atoms with van der Waals surface area (Å²) in [6, 6.07) is 0. The molecule has 0 aliphatic heterocycles. The molecule has 0 amide bonds. The third-order valence-electron chi connectivity index (χ3n) is 1.13. The maximum absolute atomic E-state index is 12.3. The summed E-state index contributed by atoms with van der Waals surface area (Å²) < 4.78 is 60.4. The molecule has 0 saturated carbocycles. The van der Waals surface area contributed by atoms with E-state index in [4.69, 9.17) is 0 Å². The summed E-state index contributed by atoms with van der Waals surface area (Å²) in [4.78, 5) is 0. The Labute approximate surface area is 62.9 Å². The van der Waals surface area contributed by atoms with Crippen LogP contribution in [0.2, 0.25) is 0 Å². The Kier molecular flexibility index (Phi) is 1.70. The molecule has 1 aliphatic rings. The molecular formula is C5ClF5. The highest BCUT2D eigenvalue weighted by Crippen LogP contribution is 2.48. The fourth-order valence-corrected chi connectivity index (χ4v) is 0.731. The molecule has 0 aromatic rings. The van der Waals surface area contributed by atoms with Crippen molar-refractivity contribution in [2.24, 2.45) is 0 Å². The molecule has 1 aliphatic carbocycles. The number of rotatable bonds is 0. The Balaban J connectivity index is 3.27. The zero-order valence-electron chi connectivity index (χ0n) is 4.77.